The molecule has 0 bridgehead atoms. The molecule has 0 unspecified atom stereocenters. The molecular formula is C33H46BrClN2O2S. The summed E-state index contributed by atoms with van der Waals surface area (Å²) in [6, 6.07) is 13.6. The van der Waals surface area contributed by atoms with Crippen molar-refractivity contribution >= 4 is 34.5 Å². The van der Waals surface area contributed by atoms with Crippen molar-refractivity contribution in [2.45, 2.75) is 104 Å². The molecule has 3 aromatic rings. The van der Waals surface area contributed by atoms with Crippen LogP contribution in [-0.4, -0.2) is 12.5 Å². The molecule has 0 atom stereocenters. The number of thiazole rings is 1. The third kappa shape index (κ3) is 13.2. The van der Waals surface area contributed by atoms with Gasteiger partial charge >= 0.3 is 0 Å². The fourth-order valence-electron chi connectivity index (χ4n) is 4.72. The van der Waals surface area contributed by atoms with Gasteiger partial charge in [0.25, 0.3) is 0 Å². The van der Waals surface area contributed by atoms with Crippen molar-refractivity contribution in [3.05, 3.63) is 75.2 Å². The van der Waals surface area contributed by atoms with Crippen LogP contribution in [0.15, 0.2) is 53.4 Å². The predicted octanol–water partition coefficient (Wildman–Crippen LogP) is 6.31. The van der Waals surface area contributed by atoms with Gasteiger partial charge in [-0.05, 0) is 30.7 Å². The van der Waals surface area contributed by atoms with E-state index in [0.29, 0.717) is 17.4 Å². The van der Waals surface area contributed by atoms with Gasteiger partial charge in [0.05, 0.1) is 18.4 Å². The first kappa shape index (κ1) is 34.3. The maximum atomic E-state index is 12.8. The summed E-state index contributed by atoms with van der Waals surface area (Å²) in [5.74, 6) is 0.641. The zero-order valence-electron chi connectivity index (χ0n) is 24.2. The van der Waals surface area contributed by atoms with Crippen LogP contribution >= 0.6 is 22.9 Å². The second kappa shape index (κ2) is 20.1. The molecule has 7 heteroatoms. The van der Waals surface area contributed by atoms with Crippen LogP contribution in [0.4, 0.5) is 5.69 Å². The standard InChI is InChI=1S/C33H45ClN2O2S.BrH/c1-3-4-5-6-7-8-9-10-11-12-13-14-21-38-32-23-30(34)18-17-29(32)22-33(37)35-31-19-15-28(16-20-31)24-36-26-39-25-27(36)2;/h15-20,23,25-26H,3-14,21-22,24H2,1-2H3;1H. The number of anilines is 1. The topological polar surface area (TPSA) is 42.2 Å². The molecule has 0 aliphatic carbocycles. The maximum Gasteiger partial charge on any atom is 0.228 e. The summed E-state index contributed by atoms with van der Waals surface area (Å²) in [4.78, 5) is 12.8. The molecule has 0 fully saturated rings. The molecule has 0 aliphatic rings. The molecule has 4 nitrogen and oxygen atoms in total. The van der Waals surface area contributed by atoms with E-state index < -0.39 is 0 Å². The summed E-state index contributed by atoms with van der Waals surface area (Å²) in [5.41, 5.74) is 6.22. The van der Waals surface area contributed by atoms with Gasteiger partial charge in [-0.2, -0.15) is 4.57 Å². The normalized spacial score (nSPS) is 10.8. The first-order valence-corrected chi connectivity index (χ1v) is 16.1. The quantitative estimate of drug-likeness (QED) is 0.122. The second-order valence-electron chi connectivity index (χ2n) is 10.5. The molecule has 0 spiro atoms. The van der Waals surface area contributed by atoms with E-state index in [1.807, 2.05) is 30.3 Å². The molecule has 1 amide bonds. The van der Waals surface area contributed by atoms with Gasteiger partial charge in [0.1, 0.15) is 5.75 Å². The van der Waals surface area contributed by atoms with E-state index in [1.165, 1.54) is 81.9 Å². The summed E-state index contributed by atoms with van der Waals surface area (Å²) in [7, 11) is 0. The fraction of sp³-hybridized carbons (Fsp3) is 0.515. The fourth-order valence-corrected chi connectivity index (χ4v) is 5.66. The predicted molar refractivity (Wildman–Crippen MR) is 165 cm³/mol. The average molecular weight is 650 g/mol. The Morgan fingerprint density at radius 3 is 2.12 bits per heavy atom. The summed E-state index contributed by atoms with van der Waals surface area (Å²) < 4.78 is 8.29. The molecule has 2 aromatic carbocycles. The first-order chi connectivity index (χ1) is 19.0. The van der Waals surface area contributed by atoms with Gasteiger partial charge in [-0.15, -0.1) is 0 Å². The van der Waals surface area contributed by atoms with E-state index in [9.17, 15) is 4.79 Å². The summed E-state index contributed by atoms with van der Waals surface area (Å²) in [6.45, 7) is 5.86. The minimum Gasteiger partial charge on any atom is -1.00 e. The third-order valence-electron chi connectivity index (χ3n) is 7.11. The molecule has 220 valence electrons. The second-order valence-corrected chi connectivity index (χ2v) is 11.7. The number of ether oxygens (including phenoxy) is 1. The van der Waals surface area contributed by atoms with Gasteiger partial charge in [0, 0.05) is 28.8 Å². The minimum absolute atomic E-state index is 0. The smallest absolute Gasteiger partial charge is 0.228 e. The van der Waals surface area contributed by atoms with Gasteiger partial charge in [-0.3, -0.25) is 4.79 Å². The zero-order valence-corrected chi connectivity index (χ0v) is 27.4. The van der Waals surface area contributed by atoms with Crippen molar-refractivity contribution in [3.8, 4) is 5.75 Å². The van der Waals surface area contributed by atoms with Gasteiger partial charge in [0.2, 0.25) is 11.4 Å². The highest BCUT2D eigenvalue weighted by Crippen LogP contribution is 2.25. The lowest BCUT2D eigenvalue weighted by Gasteiger charge is -2.13. The Kier molecular flexibility index (Phi) is 17.2. The number of nitrogens with zero attached hydrogens (tertiary/aromatic N) is 1. The van der Waals surface area contributed by atoms with Crippen molar-refractivity contribution in [1.29, 1.82) is 0 Å². The van der Waals surface area contributed by atoms with E-state index in [2.05, 4.69) is 46.8 Å². The summed E-state index contributed by atoms with van der Waals surface area (Å²) in [6.07, 6.45) is 16.0. The number of benzene rings is 2. The molecule has 0 aliphatic heterocycles. The molecule has 0 saturated heterocycles. The van der Waals surface area contributed by atoms with Gasteiger partial charge in [0.15, 0.2) is 12.2 Å². The largest absolute Gasteiger partial charge is 1.00 e. The van der Waals surface area contributed by atoms with Crippen LogP contribution in [0.3, 0.4) is 0 Å². The van der Waals surface area contributed by atoms with Gasteiger partial charge in [-0.1, -0.05) is 119 Å². The Hall–Kier alpha value is -1.89. The molecule has 1 N–H and O–H groups in total. The monoisotopic (exact) mass is 648 g/mol. The number of carbonyl (C=O) groups is 1. The highest BCUT2D eigenvalue weighted by atomic mass is 79.9. The van der Waals surface area contributed by atoms with Crippen molar-refractivity contribution in [3.63, 3.8) is 0 Å². The molecular weight excluding hydrogens is 604 g/mol. The summed E-state index contributed by atoms with van der Waals surface area (Å²) >= 11 is 7.94. The minimum atomic E-state index is -0.0664. The van der Waals surface area contributed by atoms with Crippen LogP contribution in [-0.2, 0) is 17.8 Å². The number of hydrogen-bond acceptors (Lipinski definition) is 3. The van der Waals surface area contributed by atoms with E-state index in [-0.39, 0.29) is 29.3 Å². The van der Waals surface area contributed by atoms with Crippen LogP contribution in [0, 0.1) is 6.92 Å². The van der Waals surface area contributed by atoms with Crippen LogP contribution in [0.5, 0.6) is 5.75 Å². The number of hydrogen-bond donors (Lipinski definition) is 1. The Balaban J connectivity index is 0.00000560. The van der Waals surface area contributed by atoms with E-state index in [4.69, 9.17) is 16.3 Å². The molecule has 40 heavy (non-hydrogen) atoms. The number of amides is 1. The van der Waals surface area contributed by atoms with Crippen molar-refractivity contribution in [1.82, 2.24) is 0 Å². The Morgan fingerprint density at radius 2 is 1.52 bits per heavy atom. The number of rotatable bonds is 19. The van der Waals surface area contributed by atoms with E-state index in [0.717, 1.165) is 24.2 Å². The lowest BCUT2D eigenvalue weighted by molar-refractivity contribution is -0.689. The lowest BCUT2D eigenvalue weighted by Crippen LogP contribution is -3.00. The number of nitrogens with one attached hydrogen (secondary N) is 1. The van der Waals surface area contributed by atoms with E-state index in [1.54, 1.807) is 11.3 Å². The molecule has 0 radical (unpaired) electrons. The number of carbonyl (C=O) groups excluding carboxylic acids is 1. The van der Waals surface area contributed by atoms with Crippen molar-refractivity contribution in [2.24, 2.45) is 0 Å². The van der Waals surface area contributed by atoms with Crippen molar-refractivity contribution in [2.75, 3.05) is 11.9 Å². The number of halogens is 2. The maximum absolute atomic E-state index is 12.8. The lowest BCUT2D eigenvalue weighted by atomic mass is 10.1. The molecule has 0 saturated carbocycles. The zero-order chi connectivity index (χ0) is 27.7. The van der Waals surface area contributed by atoms with Crippen LogP contribution in [0.2, 0.25) is 5.02 Å². The molecule has 3 rings (SSSR count). The SMILES string of the molecule is CCCCCCCCCCCCCCOc1cc(Cl)ccc1CC(=O)Nc1ccc(C[n+]2cscc2C)cc1.[Br-]. The Labute approximate surface area is 261 Å². The molecule has 1 heterocycles. The first-order valence-electron chi connectivity index (χ1n) is 14.8. The van der Waals surface area contributed by atoms with Crippen LogP contribution < -0.4 is 31.6 Å². The highest BCUT2D eigenvalue weighted by Gasteiger charge is 2.12. The average Bonchev–Trinajstić information content (AvgIpc) is 3.33. The van der Waals surface area contributed by atoms with Gasteiger partial charge in [-0.25, -0.2) is 0 Å². The number of unbranched alkanes of at least 4 members (excludes halogenated alkanes) is 11. The molecule has 1 aromatic heterocycles. The highest BCUT2D eigenvalue weighted by molar-refractivity contribution is 7.07. The Bertz CT molecular complexity index is 1120. The van der Waals surface area contributed by atoms with Gasteiger partial charge < -0.3 is 27.0 Å². The summed E-state index contributed by atoms with van der Waals surface area (Å²) in [5, 5.41) is 5.78. The number of aromatic nitrogens is 1. The van der Waals surface area contributed by atoms with Crippen molar-refractivity contribution < 1.29 is 31.1 Å². The Morgan fingerprint density at radius 1 is 0.900 bits per heavy atom. The number of aryl methyl sites for hydroxylation is 1. The van der Waals surface area contributed by atoms with Crippen LogP contribution in [0.1, 0.15) is 101 Å². The third-order valence-corrected chi connectivity index (χ3v) is 8.19. The van der Waals surface area contributed by atoms with E-state index >= 15 is 0 Å². The van der Waals surface area contributed by atoms with Crippen LogP contribution in [0.25, 0.3) is 0 Å².